The van der Waals surface area contributed by atoms with Crippen molar-refractivity contribution in [2.24, 2.45) is 11.8 Å². The average molecular weight is 607 g/mol. The number of ether oxygens (including phenoxy) is 1. The molecule has 0 spiro atoms. The van der Waals surface area contributed by atoms with Crippen LogP contribution in [0.3, 0.4) is 0 Å². The molecule has 1 heterocycles. The van der Waals surface area contributed by atoms with E-state index in [0.29, 0.717) is 9.89 Å². The van der Waals surface area contributed by atoms with Gasteiger partial charge in [0.25, 0.3) is 5.54 Å². The molecule has 1 aromatic rings. The number of nitrogens with zero attached hydrogens (tertiary/aromatic N) is 2. The minimum absolute atomic E-state index is 0.0486. The first-order valence-corrected chi connectivity index (χ1v) is 17.1. The van der Waals surface area contributed by atoms with Gasteiger partial charge in [0.15, 0.2) is 14.9 Å². The Bertz CT molecular complexity index is 1210. The highest BCUT2D eigenvalue weighted by molar-refractivity contribution is 7.80. The summed E-state index contributed by atoms with van der Waals surface area (Å²) in [6, 6.07) is 6.79. The summed E-state index contributed by atoms with van der Waals surface area (Å²) in [6.07, 6.45) is 6.11. The fourth-order valence-corrected chi connectivity index (χ4v) is 6.76. The van der Waals surface area contributed by atoms with E-state index in [1.54, 1.807) is 30.4 Å². The maximum atomic E-state index is 13.5. The van der Waals surface area contributed by atoms with Gasteiger partial charge in [-0.05, 0) is 48.8 Å². The van der Waals surface area contributed by atoms with Gasteiger partial charge >= 0.3 is 5.97 Å². The summed E-state index contributed by atoms with van der Waals surface area (Å²) in [5.74, 6) is -1.71. The van der Waals surface area contributed by atoms with Crippen LogP contribution in [0.1, 0.15) is 46.6 Å². The Morgan fingerprint density at radius 1 is 1.25 bits per heavy atom. The van der Waals surface area contributed by atoms with Crippen LogP contribution in [0.5, 0.6) is 0 Å². The molecule has 1 aliphatic carbocycles. The first-order chi connectivity index (χ1) is 18.5. The van der Waals surface area contributed by atoms with Gasteiger partial charge in [0.05, 0.1) is 18.1 Å². The second-order valence-corrected chi connectivity index (χ2v) is 17.9. The highest BCUT2D eigenvalue weighted by Crippen LogP contribution is 2.42. The zero-order valence-electron chi connectivity index (χ0n) is 24.2. The molecule has 0 saturated carbocycles. The summed E-state index contributed by atoms with van der Waals surface area (Å²) in [7, 11) is -2.20. The van der Waals surface area contributed by atoms with Crippen molar-refractivity contribution in [2.75, 3.05) is 13.2 Å². The number of carbonyl (C=O) groups is 2. The Balaban J connectivity index is 1.81. The zero-order chi connectivity index (χ0) is 30.0. The minimum Gasteiger partial charge on any atom is -0.456 e. The smallest absolute Gasteiger partial charge is 0.325 e. The fraction of sp³-hybridized carbons (Fsp3) is 0.552. The quantitative estimate of drug-likeness (QED) is 0.0579. The van der Waals surface area contributed by atoms with Gasteiger partial charge < -0.3 is 14.1 Å². The van der Waals surface area contributed by atoms with Crippen molar-refractivity contribution in [1.29, 1.82) is 0 Å². The topological polar surface area (TPSA) is 99.0 Å². The van der Waals surface area contributed by atoms with Gasteiger partial charge in [0.2, 0.25) is 5.91 Å². The van der Waals surface area contributed by atoms with Gasteiger partial charge in [-0.2, -0.15) is 0 Å². The summed E-state index contributed by atoms with van der Waals surface area (Å²) in [5.41, 5.74) is -0.698. The first kappa shape index (κ1) is 32.1. The number of hydrogen-bond acceptors (Lipinski definition) is 7. The van der Waals surface area contributed by atoms with Crippen LogP contribution in [0.15, 0.2) is 48.6 Å². The number of amides is 1. The number of benzene rings is 1. The average Bonchev–Trinajstić information content (AvgIpc) is 2.88. The molecule has 40 heavy (non-hydrogen) atoms. The van der Waals surface area contributed by atoms with Crippen molar-refractivity contribution in [3.63, 3.8) is 0 Å². The van der Waals surface area contributed by atoms with Crippen LogP contribution in [-0.2, 0) is 18.8 Å². The Morgan fingerprint density at radius 3 is 2.40 bits per heavy atom. The molecule has 0 aromatic heterocycles. The molecule has 5 atom stereocenters. The lowest BCUT2D eigenvalue weighted by Crippen LogP contribution is -2.69. The number of thiocarbonyl (C=S) groups is 1. The van der Waals surface area contributed by atoms with E-state index in [4.69, 9.17) is 33.0 Å². The number of halogens is 1. The van der Waals surface area contributed by atoms with Gasteiger partial charge in [-0.3, -0.25) is 19.7 Å². The van der Waals surface area contributed by atoms with E-state index < -0.39 is 49.4 Å². The van der Waals surface area contributed by atoms with Crippen LogP contribution >= 0.6 is 23.8 Å². The van der Waals surface area contributed by atoms with Crippen molar-refractivity contribution >= 4 is 48.9 Å². The van der Waals surface area contributed by atoms with Crippen molar-refractivity contribution in [3.05, 3.63) is 69.3 Å². The third-order valence-electron chi connectivity index (χ3n) is 8.41. The molecular formula is C29H39ClN2O6SSi. The maximum Gasteiger partial charge on any atom is 0.325 e. The molecule has 1 saturated heterocycles. The SMILES string of the molecule is C[C@@H](O[Si](C)(C)C(C)(C)C)[C@H]1C(=O)N(CC(=O)OCC2([N+](=O)[O-])C=CC=CC2)[C@@H]1[C@@H](C)C(=S)c1ccc(Cl)cc1. The Kier molecular flexibility index (Phi) is 9.81. The first-order valence-electron chi connectivity index (χ1n) is 13.4. The van der Waals surface area contributed by atoms with Gasteiger partial charge in [-0.15, -0.1) is 0 Å². The molecule has 1 aliphatic heterocycles. The number of nitro groups is 1. The zero-order valence-corrected chi connectivity index (χ0v) is 26.8. The number of esters is 1. The van der Waals surface area contributed by atoms with Crippen molar-refractivity contribution in [3.8, 4) is 0 Å². The summed E-state index contributed by atoms with van der Waals surface area (Å²) in [6.45, 7) is 13.8. The second kappa shape index (κ2) is 12.2. The molecule has 0 bridgehead atoms. The van der Waals surface area contributed by atoms with Crippen LogP contribution in [0.2, 0.25) is 23.2 Å². The molecule has 1 amide bonds. The van der Waals surface area contributed by atoms with Crippen molar-refractivity contribution in [2.45, 2.75) is 76.9 Å². The predicted molar refractivity (Wildman–Crippen MR) is 163 cm³/mol. The third-order valence-corrected chi connectivity index (χ3v) is 13.8. The Morgan fingerprint density at radius 2 is 1.88 bits per heavy atom. The lowest BCUT2D eigenvalue weighted by molar-refractivity contribution is -0.557. The standard InChI is InChI=1S/C29H39ClN2O6SSi/c1-19(26(39)21-11-13-22(30)14-12-21)25-24(20(2)38-40(6,7)28(3,4)5)27(34)31(25)17-23(33)37-18-29(32(35)36)15-9-8-10-16-29/h8-15,19-20,24-25H,16-18H2,1-7H3/t19-,20-,24-,25-,29?/m1/s1. The van der Waals surface area contributed by atoms with E-state index in [9.17, 15) is 19.7 Å². The Hall–Kier alpha value is -2.40. The van der Waals surface area contributed by atoms with Gasteiger partial charge in [-0.25, -0.2) is 0 Å². The largest absolute Gasteiger partial charge is 0.456 e. The van der Waals surface area contributed by atoms with E-state index in [1.807, 2.05) is 26.0 Å². The summed E-state index contributed by atoms with van der Waals surface area (Å²) >= 11 is 11.9. The number of hydrogen-bond donors (Lipinski definition) is 0. The van der Waals surface area contributed by atoms with Gasteiger partial charge in [0.1, 0.15) is 6.54 Å². The van der Waals surface area contributed by atoms with Gasteiger partial charge in [0, 0.05) is 27.1 Å². The lowest BCUT2D eigenvalue weighted by Gasteiger charge is -2.53. The predicted octanol–water partition coefficient (Wildman–Crippen LogP) is 6.01. The van der Waals surface area contributed by atoms with E-state index in [-0.39, 0.29) is 29.8 Å². The second-order valence-electron chi connectivity index (χ2n) is 12.2. The molecule has 0 radical (unpaired) electrons. The van der Waals surface area contributed by atoms with Crippen molar-refractivity contribution < 1.29 is 23.7 Å². The summed E-state index contributed by atoms with van der Waals surface area (Å²) in [5, 5.41) is 12.3. The normalized spacial score (nSPS) is 24.3. The summed E-state index contributed by atoms with van der Waals surface area (Å²) in [4.78, 5) is 39.9. The van der Waals surface area contributed by atoms with E-state index >= 15 is 0 Å². The number of allylic oxidation sites excluding steroid dienone is 2. The molecule has 1 aromatic carbocycles. The molecule has 3 rings (SSSR count). The molecule has 11 heteroatoms. The van der Waals surface area contributed by atoms with Crippen LogP contribution in [0, 0.1) is 22.0 Å². The van der Waals surface area contributed by atoms with Gasteiger partial charge in [-0.1, -0.05) is 81.9 Å². The molecular weight excluding hydrogens is 568 g/mol. The highest BCUT2D eigenvalue weighted by atomic mass is 35.5. The number of rotatable bonds is 11. The Labute approximate surface area is 248 Å². The summed E-state index contributed by atoms with van der Waals surface area (Å²) < 4.78 is 12.0. The highest BCUT2D eigenvalue weighted by Gasteiger charge is 2.55. The molecule has 218 valence electrons. The fourth-order valence-electron chi connectivity index (χ4n) is 4.92. The molecule has 0 N–H and O–H groups in total. The van der Waals surface area contributed by atoms with Crippen LogP contribution < -0.4 is 0 Å². The third kappa shape index (κ3) is 6.73. The number of β-lactam (4-membered cyclic amide) rings is 1. The minimum atomic E-state index is -2.20. The molecule has 1 fully saturated rings. The van der Waals surface area contributed by atoms with Crippen LogP contribution in [-0.4, -0.2) is 65.7 Å². The van der Waals surface area contributed by atoms with E-state index in [2.05, 4.69) is 33.9 Å². The lowest BCUT2D eigenvalue weighted by atomic mass is 9.74. The maximum absolute atomic E-state index is 13.5. The van der Waals surface area contributed by atoms with E-state index in [0.717, 1.165) is 5.56 Å². The molecule has 1 unspecified atom stereocenters. The molecule has 8 nitrogen and oxygen atoms in total. The van der Waals surface area contributed by atoms with E-state index in [1.165, 1.54) is 11.0 Å². The molecule has 2 aliphatic rings. The van der Waals surface area contributed by atoms with Crippen LogP contribution in [0.25, 0.3) is 0 Å². The van der Waals surface area contributed by atoms with Crippen molar-refractivity contribution in [1.82, 2.24) is 4.90 Å². The van der Waals surface area contributed by atoms with Crippen LogP contribution in [0.4, 0.5) is 0 Å². The number of likely N-dealkylation sites (tertiary alicyclic amines) is 1. The monoisotopic (exact) mass is 606 g/mol. The number of carbonyl (C=O) groups excluding carboxylic acids is 2.